The molecule has 2 N–H and O–H groups in total. The summed E-state index contributed by atoms with van der Waals surface area (Å²) < 4.78 is 6.88. The lowest BCUT2D eigenvalue weighted by atomic mass is 9.88. The Morgan fingerprint density at radius 1 is 1.41 bits per heavy atom. The molecular formula is C14H19NOS. The van der Waals surface area contributed by atoms with Gasteiger partial charge in [0, 0.05) is 11.8 Å². The molecule has 0 bridgehead atoms. The molecule has 17 heavy (non-hydrogen) atoms. The van der Waals surface area contributed by atoms with Gasteiger partial charge in [0.05, 0.1) is 11.6 Å². The van der Waals surface area contributed by atoms with Gasteiger partial charge in [-0.05, 0) is 35.7 Å². The van der Waals surface area contributed by atoms with Gasteiger partial charge in [0.15, 0.2) is 0 Å². The lowest BCUT2D eigenvalue weighted by molar-refractivity contribution is -0.0190. The first-order valence-electron chi connectivity index (χ1n) is 5.89. The quantitative estimate of drug-likeness (QED) is 0.896. The first-order chi connectivity index (χ1) is 8.12. The predicted molar refractivity (Wildman–Crippen MR) is 74.5 cm³/mol. The maximum absolute atomic E-state index is 6.40. The Morgan fingerprint density at radius 3 is 2.82 bits per heavy atom. The van der Waals surface area contributed by atoms with E-state index in [1.165, 1.54) is 15.6 Å². The zero-order chi connectivity index (χ0) is 12.5. The van der Waals surface area contributed by atoms with Gasteiger partial charge in [0.25, 0.3) is 0 Å². The van der Waals surface area contributed by atoms with E-state index < -0.39 is 0 Å². The highest BCUT2D eigenvalue weighted by Crippen LogP contribution is 2.35. The van der Waals surface area contributed by atoms with Gasteiger partial charge >= 0.3 is 0 Å². The highest BCUT2D eigenvalue weighted by atomic mass is 32.1. The van der Waals surface area contributed by atoms with Gasteiger partial charge in [0.2, 0.25) is 0 Å². The molecule has 3 heteroatoms. The lowest BCUT2D eigenvalue weighted by Crippen LogP contribution is -2.39. The second-order valence-electron chi connectivity index (χ2n) is 4.53. The Labute approximate surface area is 106 Å². The summed E-state index contributed by atoms with van der Waals surface area (Å²) in [6.45, 7) is 4.18. The van der Waals surface area contributed by atoms with Crippen LogP contribution in [0.2, 0.25) is 0 Å². The van der Waals surface area contributed by atoms with E-state index in [2.05, 4.69) is 43.5 Å². The maximum Gasteiger partial charge on any atom is 0.0840 e. The first-order valence-corrected chi connectivity index (χ1v) is 6.77. The van der Waals surface area contributed by atoms with Crippen LogP contribution in [0.4, 0.5) is 0 Å². The SMILES string of the molecule is CCC(C)(OC)C(N)c1cccc2ccsc12. The standard InChI is InChI=1S/C14H19NOS/c1-4-14(2,16-3)13(15)11-7-5-6-10-8-9-17-12(10)11/h5-9,13H,4,15H2,1-3H3. The lowest BCUT2D eigenvalue weighted by Gasteiger charge is -2.33. The van der Waals surface area contributed by atoms with Crippen LogP contribution < -0.4 is 5.73 Å². The summed E-state index contributed by atoms with van der Waals surface area (Å²) in [6.07, 6.45) is 0.895. The van der Waals surface area contributed by atoms with E-state index in [-0.39, 0.29) is 11.6 Å². The number of fused-ring (bicyclic) bond motifs is 1. The number of hydrogen-bond donors (Lipinski definition) is 1. The van der Waals surface area contributed by atoms with Gasteiger partial charge in [-0.3, -0.25) is 0 Å². The molecule has 92 valence electrons. The molecule has 0 amide bonds. The zero-order valence-electron chi connectivity index (χ0n) is 10.6. The molecule has 0 saturated heterocycles. The Bertz CT molecular complexity index is 502. The molecule has 2 nitrogen and oxygen atoms in total. The maximum atomic E-state index is 6.40. The summed E-state index contributed by atoms with van der Waals surface area (Å²) in [4.78, 5) is 0. The van der Waals surface area contributed by atoms with E-state index in [4.69, 9.17) is 10.5 Å². The topological polar surface area (TPSA) is 35.2 Å². The fraction of sp³-hybridized carbons (Fsp3) is 0.429. The monoisotopic (exact) mass is 249 g/mol. The van der Waals surface area contributed by atoms with Crippen molar-refractivity contribution in [2.75, 3.05) is 7.11 Å². The van der Waals surface area contributed by atoms with Crippen LogP contribution in [0.3, 0.4) is 0 Å². The minimum Gasteiger partial charge on any atom is -0.377 e. The molecule has 0 aliphatic carbocycles. The Hall–Kier alpha value is -0.900. The molecule has 2 rings (SSSR count). The van der Waals surface area contributed by atoms with Crippen molar-refractivity contribution in [2.24, 2.45) is 5.73 Å². The molecule has 2 unspecified atom stereocenters. The van der Waals surface area contributed by atoms with Gasteiger partial charge in [0.1, 0.15) is 0 Å². The van der Waals surface area contributed by atoms with Crippen LogP contribution in [0.15, 0.2) is 29.6 Å². The highest BCUT2D eigenvalue weighted by molar-refractivity contribution is 7.17. The van der Waals surface area contributed by atoms with Crippen LogP contribution >= 0.6 is 11.3 Å². The van der Waals surface area contributed by atoms with Crippen molar-refractivity contribution in [3.05, 3.63) is 35.2 Å². The van der Waals surface area contributed by atoms with Crippen molar-refractivity contribution in [1.29, 1.82) is 0 Å². The summed E-state index contributed by atoms with van der Waals surface area (Å²) in [6, 6.07) is 8.33. The van der Waals surface area contributed by atoms with Crippen LogP contribution in [-0.4, -0.2) is 12.7 Å². The second-order valence-corrected chi connectivity index (χ2v) is 5.45. The summed E-state index contributed by atoms with van der Waals surface area (Å²) in [5.74, 6) is 0. The van der Waals surface area contributed by atoms with Gasteiger partial charge < -0.3 is 10.5 Å². The average molecular weight is 249 g/mol. The average Bonchev–Trinajstić information content (AvgIpc) is 2.85. The summed E-state index contributed by atoms with van der Waals surface area (Å²) in [5, 5.41) is 3.37. The third-order valence-electron chi connectivity index (χ3n) is 3.67. The Morgan fingerprint density at radius 2 is 2.18 bits per heavy atom. The smallest absolute Gasteiger partial charge is 0.0840 e. The van der Waals surface area contributed by atoms with Crippen LogP contribution in [0.1, 0.15) is 31.9 Å². The van der Waals surface area contributed by atoms with Crippen LogP contribution in [-0.2, 0) is 4.74 Å². The summed E-state index contributed by atoms with van der Waals surface area (Å²) >= 11 is 1.74. The second kappa shape index (κ2) is 4.77. The van der Waals surface area contributed by atoms with Crippen molar-refractivity contribution < 1.29 is 4.74 Å². The van der Waals surface area contributed by atoms with Crippen molar-refractivity contribution in [1.82, 2.24) is 0 Å². The number of benzene rings is 1. The number of ether oxygens (including phenoxy) is 1. The molecule has 1 aromatic heterocycles. The van der Waals surface area contributed by atoms with E-state index in [0.29, 0.717) is 0 Å². The molecule has 2 aromatic rings. The van der Waals surface area contributed by atoms with Crippen molar-refractivity contribution >= 4 is 21.4 Å². The molecular weight excluding hydrogens is 230 g/mol. The summed E-state index contributed by atoms with van der Waals surface area (Å²) in [5.41, 5.74) is 7.28. The number of nitrogens with two attached hydrogens (primary N) is 1. The van der Waals surface area contributed by atoms with E-state index in [1.807, 2.05) is 0 Å². The minimum absolute atomic E-state index is 0.0974. The van der Waals surface area contributed by atoms with E-state index in [1.54, 1.807) is 18.4 Å². The van der Waals surface area contributed by atoms with Gasteiger partial charge in [-0.15, -0.1) is 11.3 Å². The van der Waals surface area contributed by atoms with Crippen molar-refractivity contribution in [3.8, 4) is 0 Å². The van der Waals surface area contributed by atoms with E-state index in [0.717, 1.165) is 6.42 Å². The molecule has 1 aromatic carbocycles. The molecule has 2 atom stereocenters. The number of methoxy groups -OCH3 is 1. The Kier molecular flexibility index (Phi) is 3.52. The number of hydrogen-bond acceptors (Lipinski definition) is 3. The van der Waals surface area contributed by atoms with Crippen LogP contribution in [0, 0.1) is 0 Å². The predicted octanol–water partition coefficient (Wildman–Crippen LogP) is 3.72. The summed E-state index contributed by atoms with van der Waals surface area (Å²) in [7, 11) is 1.73. The van der Waals surface area contributed by atoms with Gasteiger partial charge in [-0.25, -0.2) is 0 Å². The van der Waals surface area contributed by atoms with Gasteiger partial charge in [-0.2, -0.15) is 0 Å². The van der Waals surface area contributed by atoms with E-state index in [9.17, 15) is 0 Å². The fourth-order valence-electron chi connectivity index (χ4n) is 2.08. The third kappa shape index (κ3) is 2.10. The number of rotatable bonds is 4. The van der Waals surface area contributed by atoms with E-state index >= 15 is 0 Å². The number of thiophene rings is 1. The van der Waals surface area contributed by atoms with Crippen molar-refractivity contribution in [3.63, 3.8) is 0 Å². The molecule has 1 heterocycles. The molecule has 0 fully saturated rings. The van der Waals surface area contributed by atoms with Crippen molar-refractivity contribution in [2.45, 2.75) is 31.9 Å². The largest absolute Gasteiger partial charge is 0.377 e. The van der Waals surface area contributed by atoms with Crippen LogP contribution in [0.5, 0.6) is 0 Å². The molecule has 0 radical (unpaired) electrons. The molecule has 0 aliphatic rings. The Balaban J connectivity index is 2.49. The highest BCUT2D eigenvalue weighted by Gasteiger charge is 2.31. The minimum atomic E-state index is -0.307. The zero-order valence-corrected chi connectivity index (χ0v) is 11.4. The fourth-order valence-corrected chi connectivity index (χ4v) is 3.04. The first kappa shape index (κ1) is 12.6. The molecule has 0 aliphatic heterocycles. The molecule has 0 spiro atoms. The van der Waals surface area contributed by atoms with Gasteiger partial charge in [-0.1, -0.05) is 25.1 Å². The van der Waals surface area contributed by atoms with Crippen LogP contribution in [0.25, 0.3) is 10.1 Å². The molecule has 0 saturated carbocycles. The normalized spacial score (nSPS) is 16.9. The third-order valence-corrected chi connectivity index (χ3v) is 4.65.